The third-order valence-corrected chi connectivity index (χ3v) is 4.31. The zero-order chi connectivity index (χ0) is 14.7. The molecule has 21 heavy (non-hydrogen) atoms. The first-order valence-corrected chi connectivity index (χ1v) is 7.65. The maximum absolute atomic E-state index is 12.3. The molecular weight excluding hydrogens is 266 g/mol. The van der Waals surface area contributed by atoms with E-state index in [2.05, 4.69) is 28.2 Å². The molecule has 1 N–H and O–H groups in total. The minimum Gasteiger partial charge on any atom is -0.381 e. The quantitative estimate of drug-likeness (QED) is 0.914. The van der Waals surface area contributed by atoms with Gasteiger partial charge in [0, 0.05) is 32.8 Å². The largest absolute Gasteiger partial charge is 0.381 e. The van der Waals surface area contributed by atoms with Gasteiger partial charge in [0.2, 0.25) is 5.91 Å². The van der Waals surface area contributed by atoms with E-state index in [1.165, 1.54) is 0 Å². The number of anilines is 2. The lowest BCUT2D eigenvalue weighted by atomic mass is 10.1. The SMILES string of the molecule is CN1CCN(c2ccccc2NC(=O)C2CCOC2)CC1. The van der Waals surface area contributed by atoms with Gasteiger partial charge >= 0.3 is 0 Å². The van der Waals surface area contributed by atoms with E-state index in [0.29, 0.717) is 13.2 Å². The van der Waals surface area contributed by atoms with Crippen LogP contribution in [0.15, 0.2) is 24.3 Å². The molecule has 1 aromatic carbocycles. The van der Waals surface area contributed by atoms with Crippen molar-refractivity contribution >= 4 is 17.3 Å². The van der Waals surface area contributed by atoms with Crippen molar-refractivity contribution in [3.05, 3.63) is 24.3 Å². The van der Waals surface area contributed by atoms with Gasteiger partial charge < -0.3 is 19.9 Å². The molecule has 0 spiro atoms. The summed E-state index contributed by atoms with van der Waals surface area (Å²) < 4.78 is 5.30. The van der Waals surface area contributed by atoms with Gasteiger partial charge in [-0.2, -0.15) is 0 Å². The molecule has 1 atom stereocenters. The van der Waals surface area contributed by atoms with E-state index in [1.807, 2.05) is 18.2 Å². The summed E-state index contributed by atoms with van der Waals surface area (Å²) in [6.45, 7) is 5.34. The molecule has 2 aliphatic heterocycles. The van der Waals surface area contributed by atoms with Gasteiger partial charge in [0.1, 0.15) is 0 Å². The fourth-order valence-corrected chi connectivity index (χ4v) is 2.88. The van der Waals surface area contributed by atoms with Gasteiger partial charge in [0.15, 0.2) is 0 Å². The molecule has 5 heteroatoms. The molecule has 0 aromatic heterocycles. The number of piperazine rings is 1. The zero-order valence-electron chi connectivity index (χ0n) is 12.5. The minimum absolute atomic E-state index is 0.00875. The topological polar surface area (TPSA) is 44.8 Å². The number of ether oxygens (including phenoxy) is 1. The van der Waals surface area contributed by atoms with Crippen LogP contribution in [0, 0.1) is 5.92 Å². The Labute approximate surface area is 125 Å². The summed E-state index contributed by atoms with van der Waals surface area (Å²) in [6, 6.07) is 8.08. The number of carbonyl (C=O) groups excluding carboxylic acids is 1. The van der Waals surface area contributed by atoms with Crippen molar-refractivity contribution in [3.8, 4) is 0 Å². The first kappa shape index (κ1) is 14.4. The van der Waals surface area contributed by atoms with Crippen molar-refractivity contribution in [1.29, 1.82) is 0 Å². The molecule has 0 saturated carbocycles. The fraction of sp³-hybridized carbons (Fsp3) is 0.562. The third kappa shape index (κ3) is 3.36. The normalized spacial score (nSPS) is 23.3. The van der Waals surface area contributed by atoms with Crippen LogP contribution in [0.2, 0.25) is 0 Å². The average Bonchev–Trinajstić information content (AvgIpc) is 3.03. The molecule has 1 unspecified atom stereocenters. The Morgan fingerprint density at radius 3 is 2.71 bits per heavy atom. The Morgan fingerprint density at radius 2 is 2.00 bits per heavy atom. The van der Waals surface area contributed by atoms with E-state index in [4.69, 9.17) is 4.74 Å². The first-order valence-electron chi connectivity index (χ1n) is 7.65. The molecule has 0 radical (unpaired) electrons. The summed E-state index contributed by atoms with van der Waals surface area (Å²) in [5.41, 5.74) is 2.04. The van der Waals surface area contributed by atoms with Crippen LogP contribution in [0.1, 0.15) is 6.42 Å². The summed E-state index contributed by atoms with van der Waals surface area (Å²) in [6.07, 6.45) is 0.822. The highest BCUT2D eigenvalue weighted by atomic mass is 16.5. The van der Waals surface area contributed by atoms with Crippen LogP contribution in [0.5, 0.6) is 0 Å². The van der Waals surface area contributed by atoms with Gasteiger partial charge in [0.25, 0.3) is 0 Å². The molecule has 1 amide bonds. The summed E-state index contributed by atoms with van der Waals surface area (Å²) in [5.74, 6) is 0.0691. The highest BCUT2D eigenvalue weighted by molar-refractivity contribution is 5.96. The minimum atomic E-state index is -0.00875. The van der Waals surface area contributed by atoms with E-state index >= 15 is 0 Å². The Morgan fingerprint density at radius 1 is 1.24 bits per heavy atom. The molecule has 2 fully saturated rings. The van der Waals surface area contributed by atoms with Crippen LogP contribution >= 0.6 is 0 Å². The molecule has 2 saturated heterocycles. The van der Waals surface area contributed by atoms with Crippen LogP contribution in [0.25, 0.3) is 0 Å². The van der Waals surface area contributed by atoms with E-state index in [-0.39, 0.29) is 11.8 Å². The Hall–Kier alpha value is -1.59. The lowest BCUT2D eigenvalue weighted by molar-refractivity contribution is -0.119. The number of hydrogen-bond donors (Lipinski definition) is 1. The van der Waals surface area contributed by atoms with Gasteiger partial charge in [-0.3, -0.25) is 4.79 Å². The van der Waals surface area contributed by atoms with Crippen molar-refractivity contribution in [2.45, 2.75) is 6.42 Å². The molecule has 0 aliphatic carbocycles. The summed E-state index contributed by atoms with van der Waals surface area (Å²) >= 11 is 0. The summed E-state index contributed by atoms with van der Waals surface area (Å²) in [7, 11) is 2.14. The molecule has 2 aliphatic rings. The fourth-order valence-electron chi connectivity index (χ4n) is 2.88. The predicted molar refractivity (Wildman–Crippen MR) is 83.7 cm³/mol. The van der Waals surface area contributed by atoms with Crippen LogP contribution in [-0.4, -0.2) is 57.2 Å². The highest BCUT2D eigenvalue weighted by Gasteiger charge is 2.25. The summed E-state index contributed by atoms with van der Waals surface area (Å²) in [5, 5.41) is 3.09. The van der Waals surface area contributed by atoms with E-state index in [9.17, 15) is 4.79 Å². The molecule has 5 nitrogen and oxygen atoms in total. The van der Waals surface area contributed by atoms with Gasteiger partial charge in [0.05, 0.1) is 23.9 Å². The van der Waals surface area contributed by atoms with Crippen LogP contribution in [-0.2, 0) is 9.53 Å². The van der Waals surface area contributed by atoms with Gasteiger partial charge in [-0.1, -0.05) is 12.1 Å². The van der Waals surface area contributed by atoms with Crippen LogP contribution in [0.3, 0.4) is 0 Å². The maximum Gasteiger partial charge on any atom is 0.229 e. The van der Waals surface area contributed by atoms with Crippen molar-refractivity contribution in [2.24, 2.45) is 5.92 Å². The lowest BCUT2D eigenvalue weighted by Crippen LogP contribution is -2.44. The van der Waals surface area contributed by atoms with Crippen molar-refractivity contribution in [3.63, 3.8) is 0 Å². The summed E-state index contributed by atoms with van der Waals surface area (Å²) in [4.78, 5) is 17.0. The molecule has 3 rings (SSSR count). The predicted octanol–water partition coefficient (Wildman–Crippen LogP) is 1.41. The monoisotopic (exact) mass is 289 g/mol. The maximum atomic E-state index is 12.3. The molecule has 114 valence electrons. The van der Waals surface area contributed by atoms with E-state index in [1.54, 1.807) is 0 Å². The van der Waals surface area contributed by atoms with Crippen LogP contribution in [0.4, 0.5) is 11.4 Å². The number of likely N-dealkylation sites (N-methyl/N-ethyl adjacent to an activating group) is 1. The molecular formula is C16H23N3O2. The number of hydrogen-bond acceptors (Lipinski definition) is 4. The van der Waals surface area contributed by atoms with Gasteiger partial charge in [-0.05, 0) is 25.6 Å². The average molecular weight is 289 g/mol. The van der Waals surface area contributed by atoms with Crippen molar-refractivity contribution in [2.75, 3.05) is 56.7 Å². The number of nitrogens with one attached hydrogen (secondary N) is 1. The van der Waals surface area contributed by atoms with E-state index < -0.39 is 0 Å². The smallest absolute Gasteiger partial charge is 0.229 e. The van der Waals surface area contributed by atoms with Gasteiger partial charge in [-0.25, -0.2) is 0 Å². The Bertz CT molecular complexity index is 492. The number of benzene rings is 1. The van der Waals surface area contributed by atoms with Crippen molar-refractivity contribution < 1.29 is 9.53 Å². The number of amides is 1. The van der Waals surface area contributed by atoms with E-state index in [0.717, 1.165) is 44.0 Å². The number of rotatable bonds is 3. The first-order chi connectivity index (χ1) is 10.2. The zero-order valence-corrected chi connectivity index (χ0v) is 12.5. The highest BCUT2D eigenvalue weighted by Crippen LogP contribution is 2.27. The second-order valence-electron chi connectivity index (χ2n) is 5.86. The molecule has 0 bridgehead atoms. The third-order valence-electron chi connectivity index (χ3n) is 4.31. The molecule has 1 aromatic rings. The second-order valence-corrected chi connectivity index (χ2v) is 5.86. The second kappa shape index (κ2) is 6.45. The standard InChI is InChI=1S/C16H23N3O2/c1-18-7-9-19(10-8-18)15-5-3-2-4-14(15)17-16(20)13-6-11-21-12-13/h2-5,13H,6-12H2,1H3,(H,17,20). The van der Waals surface area contributed by atoms with Crippen LogP contribution < -0.4 is 10.2 Å². The number of carbonyl (C=O) groups is 1. The van der Waals surface area contributed by atoms with Crippen molar-refractivity contribution in [1.82, 2.24) is 4.90 Å². The number of nitrogens with zero attached hydrogens (tertiary/aromatic N) is 2. The number of para-hydroxylation sites is 2. The lowest BCUT2D eigenvalue weighted by Gasteiger charge is -2.35. The Kier molecular flexibility index (Phi) is 4.41. The van der Waals surface area contributed by atoms with Gasteiger partial charge in [-0.15, -0.1) is 0 Å². The molecule has 2 heterocycles. The Balaban J connectivity index is 1.71.